The number of nitrogens with zero attached hydrogens (tertiary/aromatic N) is 2. The molecule has 1 saturated heterocycles. The van der Waals surface area contributed by atoms with Crippen LogP contribution in [0.15, 0.2) is 42.6 Å². The number of hydrogen-bond acceptors (Lipinski definition) is 5. The molecular formula is C23H28ClN5O3. The van der Waals surface area contributed by atoms with Gasteiger partial charge in [0, 0.05) is 47.5 Å². The molecule has 2 heterocycles. The Morgan fingerprint density at radius 2 is 1.91 bits per heavy atom. The molecule has 1 saturated carbocycles. The van der Waals surface area contributed by atoms with Gasteiger partial charge in [-0.05, 0) is 55.7 Å². The molecule has 0 radical (unpaired) electrons. The number of aromatic nitrogens is 1. The summed E-state index contributed by atoms with van der Waals surface area (Å²) in [6, 6.07) is 10.7. The van der Waals surface area contributed by atoms with Gasteiger partial charge in [-0.25, -0.2) is 4.79 Å². The number of rotatable bonds is 7. The Balaban J connectivity index is 1.43. The van der Waals surface area contributed by atoms with Crippen molar-refractivity contribution in [3.05, 3.63) is 53.3 Å². The SMILES string of the molecule is COc1ccc(C2CN(CC(=O)NC3CC3)CCC2NC(=O)Nc2ccc(Cl)cc2)nc1. The number of likely N-dealkylation sites (tertiary alicyclic amines) is 1. The zero-order valence-corrected chi connectivity index (χ0v) is 18.8. The third-order valence-corrected chi connectivity index (χ3v) is 6.05. The molecule has 1 aliphatic heterocycles. The first-order valence-corrected chi connectivity index (χ1v) is 11.2. The number of anilines is 1. The van der Waals surface area contributed by atoms with E-state index in [4.69, 9.17) is 16.3 Å². The molecule has 170 valence electrons. The molecule has 2 unspecified atom stereocenters. The van der Waals surface area contributed by atoms with Crippen LogP contribution >= 0.6 is 11.6 Å². The largest absolute Gasteiger partial charge is 0.495 e. The smallest absolute Gasteiger partial charge is 0.319 e. The number of methoxy groups -OCH3 is 1. The first-order chi connectivity index (χ1) is 15.5. The molecule has 2 aromatic rings. The van der Waals surface area contributed by atoms with Crippen molar-refractivity contribution >= 4 is 29.2 Å². The molecule has 9 heteroatoms. The maximum absolute atomic E-state index is 12.7. The standard InChI is InChI=1S/C23H28ClN5O3/c1-32-18-8-9-20(25-12-18)19-13-29(14-22(30)26-16-6-7-16)11-10-21(19)28-23(31)27-17-4-2-15(24)3-5-17/h2-5,8-9,12,16,19,21H,6-7,10-11,13-14H2,1H3,(H,26,30)(H2,27,28,31). The molecule has 4 rings (SSSR count). The summed E-state index contributed by atoms with van der Waals surface area (Å²) >= 11 is 5.92. The summed E-state index contributed by atoms with van der Waals surface area (Å²) in [5.74, 6) is 0.676. The lowest BCUT2D eigenvalue weighted by Gasteiger charge is -2.38. The van der Waals surface area contributed by atoms with Crippen LogP contribution in [0, 0.1) is 0 Å². The van der Waals surface area contributed by atoms with Crippen LogP contribution in [0.2, 0.25) is 5.02 Å². The van der Waals surface area contributed by atoms with Gasteiger partial charge in [0.2, 0.25) is 5.91 Å². The number of nitrogens with one attached hydrogen (secondary N) is 3. The van der Waals surface area contributed by atoms with Gasteiger partial charge in [0.15, 0.2) is 0 Å². The van der Waals surface area contributed by atoms with Crippen molar-refractivity contribution in [2.45, 2.75) is 37.3 Å². The molecule has 2 fully saturated rings. The number of piperidine rings is 1. The maximum atomic E-state index is 12.7. The van der Waals surface area contributed by atoms with Gasteiger partial charge in [-0.15, -0.1) is 0 Å². The number of pyridine rings is 1. The summed E-state index contributed by atoms with van der Waals surface area (Å²) in [5, 5.41) is 9.60. The number of benzene rings is 1. The van der Waals surface area contributed by atoms with E-state index in [2.05, 4.69) is 25.8 Å². The van der Waals surface area contributed by atoms with Crippen molar-refractivity contribution in [2.24, 2.45) is 0 Å². The fourth-order valence-corrected chi connectivity index (χ4v) is 4.07. The number of halogens is 1. The number of carbonyl (C=O) groups is 2. The molecule has 8 nitrogen and oxygen atoms in total. The van der Waals surface area contributed by atoms with Crippen LogP contribution in [0.1, 0.15) is 30.9 Å². The van der Waals surface area contributed by atoms with Gasteiger partial charge in [0.05, 0.1) is 19.9 Å². The summed E-state index contributed by atoms with van der Waals surface area (Å²) in [5.41, 5.74) is 1.52. The highest BCUT2D eigenvalue weighted by Crippen LogP contribution is 2.28. The van der Waals surface area contributed by atoms with Crippen molar-refractivity contribution in [1.29, 1.82) is 0 Å². The van der Waals surface area contributed by atoms with E-state index in [-0.39, 0.29) is 23.9 Å². The van der Waals surface area contributed by atoms with Gasteiger partial charge < -0.3 is 20.7 Å². The van der Waals surface area contributed by atoms with Gasteiger partial charge in [-0.3, -0.25) is 14.7 Å². The minimum absolute atomic E-state index is 0.0562. The molecular weight excluding hydrogens is 430 g/mol. The van der Waals surface area contributed by atoms with Crippen LogP contribution in [0.4, 0.5) is 10.5 Å². The van der Waals surface area contributed by atoms with Crippen LogP contribution in [0.5, 0.6) is 5.75 Å². The lowest BCUT2D eigenvalue weighted by Crippen LogP contribution is -2.52. The lowest BCUT2D eigenvalue weighted by molar-refractivity contribution is -0.122. The summed E-state index contributed by atoms with van der Waals surface area (Å²) < 4.78 is 5.22. The van der Waals surface area contributed by atoms with Gasteiger partial charge in [-0.1, -0.05) is 11.6 Å². The molecule has 1 aromatic carbocycles. The quantitative estimate of drug-likeness (QED) is 0.594. The third kappa shape index (κ3) is 6.11. The minimum atomic E-state index is -0.282. The van der Waals surface area contributed by atoms with Crippen LogP contribution in [0.25, 0.3) is 0 Å². The molecule has 3 amide bonds. The molecule has 0 spiro atoms. The second-order valence-corrected chi connectivity index (χ2v) is 8.74. The van der Waals surface area contributed by atoms with Crippen LogP contribution in [-0.4, -0.2) is 60.6 Å². The first kappa shape index (κ1) is 22.4. The highest BCUT2D eigenvalue weighted by atomic mass is 35.5. The Bertz CT molecular complexity index is 934. The Morgan fingerprint density at radius 3 is 2.56 bits per heavy atom. The van der Waals surface area contributed by atoms with E-state index >= 15 is 0 Å². The maximum Gasteiger partial charge on any atom is 0.319 e. The Morgan fingerprint density at radius 1 is 1.12 bits per heavy atom. The van der Waals surface area contributed by atoms with Crippen molar-refractivity contribution in [3.8, 4) is 5.75 Å². The van der Waals surface area contributed by atoms with Crippen LogP contribution in [0.3, 0.4) is 0 Å². The molecule has 32 heavy (non-hydrogen) atoms. The topological polar surface area (TPSA) is 95.6 Å². The molecule has 2 aliphatic rings. The van der Waals surface area contributed by atoms with Gasteiger partial charge in [0.1, 0.15) is 5.75 Å². The zero-order valence-electron chi connectivity index (χ0n) is 18.0. The average Bonchev–Trinajstić information content (AvgIpc) is 3.60. The van der Waals surface area contributed by atoms with E-state index in [1.165, 1.54) is 0 Å². The van der Waals surface area contributed by atoms with E-state index in [0.717, 1.165) is 25.1 Å². The normalized spacial score (nSPS) is 20.9. The highest BCUT2D eigenvalue weighted by molar-refractivity contribution is 6.30. The van der Waals surface area contributed by atoms with Crippen molar-refractivity contribution in [3.63, 3.8) is 0 Å². The minimum Gasteiger partial charge on any atom is -0.495 e. The molecule has 1 aliphatic carbocycles. The van der Waals surface area contributed by atoms with E-state index < -0.39 is 0 Å². The van der Waals surface area contributed by atoms with Crippen LogP contribution < -0.4 is 20.7 Å². The number of hydrogen-bond donors (Lipinski definition) is 3. The molecule has 2 atom stereocenters. The predicted molar refractivity (Wildman–Crippen MR) is 123 cm³/mol. The van der Waals surface area contributed by atoms with Crippen molar-refractivity contribution in [1.82, 2.24) is 20.5 Å². The zero-order chi connectivity index (χ0) is 22.5. The number of amides is 3. The summed E-state index contributed by atoms with van der Waals surface area (Å²) in [6.45, 7) is 1.70. The lowest BCUT2D eigenvalue weighted by atomic mass is 9.88. The second-order valence-electron chi connectivity index (χ2n) is 8.31. The Kier molecular flexibility index (Phi) is 7.12. The monoisotopic (exact) mass is 457 g/mol. The highest BCUT2D eigenvalue weighted by Gasteiger charge is 2.34. The fraction of sp³-hybridized carbons (Fsp3) is 0.435. The van der Waals surface area contributed by atoms with Crippen molar-refractivity contribution in [2.75, 3.05) is 32.1 Å². The average molecular weight is 458 g/mol. The fourth-order valence-electron chi connectivity index (χ4n) is 3.94. The third-order valence-electron chi connectivity index (χ3n) is 5.80. The van der Waals surface area contributed by atoms with Gasteiger partial charge >= 0.3 is 6.03 Å². The first-order valence-electron chi connectivity index (χ1n) is 10.8. The van der Waals surface area contributed by atoms with E-state index in [0.29, 0.717) is 42.0 Å². The summed E-state index contributed by atoms with van der Waals surface area (Å²) in [4.78, 5) is 31.6. The second kappa shape index (κ2) is 10.2. The molecule has 3 N–H and O–H groups in total. The van der Waals surface area contributed by atoms with E-state index in [1.54, 1.807) is 37.6 Å². The molecule has 0 bridgehead atoms. The predicted octanol–water partition coefficient (Wildman–Crippen LogP) is 3.00. The Hall–Kier alpha value is -2.84. The van der Waals surface area contributed by atoms with Crippen LogP contribution in [-0.2, 0) is 4.79 Å². The van der Waals surface area contributed by atoms with Crippen molar-refractivity contribution < 1.29 is 14.3 Å². The Labute approximate surface area is 192 Å². The van der Waals surface area contributed by atoms with E-state index in [1.807, 2.05) is 12.1 Å². The van der Waals surface area contributed by atoms with Gasteiger partial charge in [-0.2, -0.15) is 0 Å². The number of carbonyl (C=O) groups excluding carboxylic acids is 2. The van der Waals surface area contributed by atoms with Gasteiger partial charge in [0.25, 0.3) is 0 Å². The number of ether oxygens (including phenoxy) is 1. The molecule has 1 aromatic heterocycles. The van der Waals surface area contributed by atoms with E-state index in [9.17, 15) is 9.59 Å². The summed E-state index contributed by atoms with van der Waals surface area (Å²) in [7, 11) is 1.60. The summed E-state index contributed by atoms with van der Waals surface area (Å²) in [6.07, 6.45) is 4.53. The number of urea groups is 1.